The van der Waals surface area contributed by atoms with Crippen molar-refractivity contribution >= 4 is 17.5 Å². The van der Waals surface area contributed by atoms with Crippen LogP contribution in [0.3, 0.4) is 0 Å². The highest BCUT2D eigenvalue weighted by atomic mass is 19.4. The van der Waals surface area contributed by atoms with Gasteiger partial charge in [0.05, 0.1) is 11.1 Å². The number of pyridine rings is 1. The lowest BCUT2D eigenvalue weighted by Crippen LogP contribution is -2.23. The number of benzene rings is 2. The summed E-state index contributed by atoms with van der Waals surface area (Å²) in [5, 5.41) is 5.38. The molecule has 3 aromatic rings. The molecule has 0 radical (unpaired) electrons. The largest absolute Gasteiger partial charge is 0.416 e. The number of carbonyl (C=O) groups excluding carboxylic acids is 2. The minimum absolute atomic E-state index is 0.124. The molecule has 0 aliphatic rings. The van der Waals surface area contributed by atoms with Gasteiger partial charge in [-0.25, -0.2) is 0 Å². The Kier molecular flexibility index (Phi) is 5.92. The van der Waals surface area contributed by atoms with Crippen LogP contribution in [0.2, 0.25) is 0 Å². The predicted molar refractivity (Wildman–Crippen MR) is 101 cm³/mol. The summed E-state index contributed by atoms with van der Waals surface area (Å²) < 4.78 is 37.8. The van der Waals surface area contributed by atoms with Gasteiger partial charge in [-0.05, 0) is 54.1 Å². The monoisotopic (exact) mass is 399 g/mol. The van der Waals surface area contributed by atoms with Crippen LogP contribution in [0.1, 0.15) is 31.8 Å². The van der Waals surface area contributed by atoms with E-state index in [4.69, 9.17) is 0 Å². The van der Waals surface area contributed by atoms with Gasteiger partial charge in [0.2, 0.25) is 0 Å². The van der Waals surface area contributed by atoms with Crippen LogP contribution < -0.4 is 10.6 Å². The summed E-state index contributed by atoms with van der Waals surface area (Å²) in [6.45, 7) is 0.149. The van der Waals surface area contributed by atoms with Crippen molar-refractivity contribution in [2.75, 3.05) is 5.32 Å². The number of nitrogens with one attached hydrogen (secondary N) is 2. The molecule has 2 amide bonds. The van der Waals surface area contributed by atoms with Crippen LogP contribution in [0.4, 0.5) is 18.9 Å². The molecule has 29 heavy (non-hydrogen) atoms. The Morgan fingerprint density at radius 2 is 1.66 bits per heavy atom. The highest BCUT2D eigenvalue weighted by Gasteiger charge is 2.30. The molecule has 2 aromatic carbocycles. The second-order valence-electron chi connectivity index (χ2n) is 6.15. The quantitative estimate of drug-likeness (QED) is 0.673. The van der Waals surface area contributed by atoms with Crippen molar-refractivity contribution in [2.24, 2.45) is 0 Å². The van der Waals surface area contributed by atoms with E-state index in [1.54, 1.807) is 42.6 Å². The Hall–Kier alpha value is -3.68. The molecule has 3 rings (SSSR count). The summed E-state index contributed by atoms with van der Waals surface area (Å²) in [5.41, 5.74) is 0.980. The minimum atomic E-state index is -4.45. The van der Waals surface area contributed by atoms with Crippen LogP contribution >= 0.6 is 0 Å². The van der Waals surface area contributed by atoms with Crippen molar-refractivity contribution in [1.29, 1.82) is 0 Å². The van der Waals surface area contributed by atoms with Crippen LogP contribution in [-0.4, -0.2) is 16.8 Å². The summed E-state index contributed by atoms with van der Waals surface area (Å²) in [7, 11) is 0. The number of nitrogens with zero attached hydrogens (tertiary/aromatic N) is 1. The van der Waals surface area contributed by atoms with Gasteiger partial charge in [-0.1, -0.05) is 12.1 Å². The molecule has 0 saturated heterocycles. The minimum Gasteiger partial charge on any atom is -0.348 e. The van der Waals surface area contributed by atoms with E-state index in [9.17, 15) is 22.8 Å². The third-order valence-corrected chi connectivity index (χ3v) is 4.04. The van der Waals surface area contributed by atoms with E-state index >= 15 is 0 Å². The van der Waals surface area contributed by atoms with Gasteiger partial charge in [0, 0.05) is 30.2 Å². The number of halogens is 3. The first kappa shape index (κ1) is 20.1. The molecular weight excluding hydrogens is 383 g/mol. The van der Waals surface area contributed by atoms with Crippen LogP contribution in [-0.2, 0) is 12.7 Å². The smallest absolute Gasteiger partial charge is 0.348 e. The zero-order chi connectivity index (χ0) is 20.9. The molecule has 0 atom stereocenters. The van der Waals surface area contributed by atoms with Crippen LogP contribution in [0, 0.1) is 0 Å². The molecule has 148 valence electrons. The number of rotatable bonds is 5. The summed E-state index contributed by atoms with van der Waals surface area (Å²) in [6.07, 6.45) is -1.43. The first-order chi connectivity index (χ1) is 13.8. The number of alkyl halides is 3. The van der Waals surface area contributed by atoms with Gasteiger partial charge in [0.15, 0.2) is 0 Å². The highest BCUT2D eigenvalue weighted by molar-refractivity contribution is 6.04. The third kappa shape index (κ3) is 5.41. The molecule has 1 heterocycles. The van der Waals surface area contributed by atoms with Crippen molar-refractivity contribution < 1.29 is 22.8 Å². The lowest BCUT2D eigenvalue weighted by Gasteiger charge is -2.10. The van der Waals surface area contributed by atoms with Gasteiger partial charge in [-0.3, -0.25) is 14.6 Å². The molecular formula is C21H16F3N3O2. The Morgan fingerprint density at radius 3 is 2.31 bits per heavy atom. The summed E-state index contributed by atoms with van der Waals surface area (Å²) in [4.78, 5) is 28.2. The van der Waals surface area contributed by atoms with Gasteiger partial charge in [-0.15, -0.1) is 0 Å². The number of aromatic nitrogens is 1. The molecule has 0 spiro atoms. The molecule has 0 bridgehead atoms. The van der Waals surface area contributed by atoms with Crippen molar-refractivity contribution in [2.45, 2.75) is 12.7 Å². The third-order valence-electron chi connectivity index (χ3n) is 4.04. The van der Waals surface area contributed by atoms with Crippen LogP contribution in [0.15, 0.2) is 73.1 Å². The maximum Gasteiger partial charge on any atom is 0.416 e. The average molecular weight is 399 g/mol. The summed E-state index contributed by atoms with van der Waals surface area (Å²) in [5.74, 6) is -0.812. The lowest BCUT2D eigenvalue weighted by molar-refractivity contribution is -0.137. The van der Waals surface area contributed by atoms with Crippen molar-refractivity contribution in [3.8, 4) is 0 Å². The number of amides is 2. The molecule has 0 unspecified atom stereocenters. The normalized spacial score (nSPS) is 11.0. The maximum atomic E-state index is 12.6. The van der Waals surface area contributed by atoms with Gasteiger partial charge >= 0.3 is 6.18 Å². The molecule has 0 saturated carbocycles. The van der Waals surface area contributed by atoms with E-state index in [0.717, 1.165) is 24.3 Å². The molecule has 0 aliphatic heterocycles. The van der Waals surface area contributed by atoms with Crippen LogP contribution in [0.5, 0.6) is 0 Å². The number of carbonyl (C=O) groups is 2. The fourth-order valence-electron chi connectivity index (χ4n) is 2.55. The maximum absolute atomic E-state index is 12.6. The van der Waals surface area contributed by atoms with Crippen molar-refractivity contribution in [3.63, 3.8) is 0 Å². The van der Waals surface area contributed by atoms with Gasteiger partial charge in [0.25, 0.3) is 11.8 Å². The molecule has 0 fully saturated rings. The lowest BCUT2D eigenvalue weighted by atomic mass is 10.1. The van der Waals surface area contributed by atoms with Gasteiger partial charge in [0.1, 0.15) is 0 Å². The molecule has 5 nitrogen and oxygen atoms in total. The summed E-state index contributed by atoms with van der Waals surface area (Å²) in [6, 6.07) is 14.2. The Balaban J connectivity index is 1.60. The van der Waals surface area contributed by atoms with E-state index < -0.39 is 17.6 Å². The number of hydrogen-bond acceptors (Lipinski definition) is 3. The predicted octanol–water partition coefficient (Wildman–Crippen LogP) is 4.28. The Bertz CT molecular complexity index is 1000. The standard InChI is InChI=1S/C21H16F3N3O2/c22-21(23,24)17-8-6-15(7-9-17)19(28)26-12-14-3-1-5-18(11-14)27-20(29)16-4-2-10-25-13-16/h1-11,13H,12H2,(H,26,28)(H,27,29). The van der Waals surface area contributed by atoms with E-state index in [1.807, 2.05) is 0 Å². The van der Waals surface area contributed by atoms with Gasteiger partial charge in [-0.2, -0.15) is 13.2 Å². The Labute approximate surface area is 164 Å². The van der Waals surface area contributed by atoms with Crippen molar-refractivity contribution in [3.05, 3.63) is 95.3 Å². The summed E-state index contributed by atoms with van der Waals surface area (Å²) >= 11 is 0. The van der Waals surface area contributed by atoms with Crippen molar-refractivity contribution in [1.82, 2.24) is 10.3 Å². The Morgan fingerprint density at radius 1 is 0.897 bits per heavy atom. The SMILES string of the molecule is O=C(NCc1cccc(NC(=O)c2cccnc2)c1)c1ccc(C(F)(F)F)cc1. The average Bonchev–Trinajstić information content (AvgIpc) is 2.72. The van der Waals surface area contributed by atoms with Crippen LogP contribution in [0.25, 0.3) is 0 Å². The molecule has 2 N–H and O–H groups in total. The zero-order valence-corrected chi connectivity index (χ0v) is 15.0. The number of anilines is 1. The second kappa shape index (κ2) is 8.55. The molecule has 8 heteroatoms. The number of hydrogen-bond donors (Lipinski definition) is 2. The first-order valence-electron chi connectivity index (χ1n) is 8.59. The topological polar surface area (TPSA) is 71.1 Å². The van der Waals surface area contributed by atoms with E-state index in [-0.39, 0.29) is 18.0 Å². The van der Waals surface area contributed by atoms with Gasteiger partial charge < -0.3 is 10.6 Å². The van der Waals surface area contributed by atoms with E-state index in [0.29, 0.717) is 16.8 Å². The fraction of sp³-hybridized carbons (Fsp3) is 0.0952. The van der Waals surface area contributed by atoms with E-state index in [1.165, 1.54) is 6.20 Å². The molecule has 1 aromatic heterocycles. The van der Waals surface area contributed by atoms with E-state index in [2.05, 4.69) is 15.6 Å². The highest BCUT2D eigenvalue weighted by Crippen LogP contribution is 2.29. The fourth-order valence-corrected chi connectivity index (χ4v) is 2.55. The second-order valence-corrected chi connectivity index (χ2v) is 6.15. The zero-order valence-electron chi connectivity index (χ0n) is 15.0. The first-order valence-corrected chi connectivity index (χ1v) is 8.59. The molecule has 0 aliphatic carbocycles.